The quantitative estimate of drug-likeness (QED) is 0.753. The summed E-state index contributed by atoms with van der Waals surface area (Å²) < 4.78 is 25.2. The van der Waals surface area contributed by atoms with Gasteiger partial charge in [-0.2, -0.15) is 0 Å². The molecule has 0 fully saturated rings. The molecule has 0 heterocycles. The van der Waals surface area contributed by atoms with E-state index in [1.54, 1.807) is 18.4 Å². The third kappa shape index (κ3) is 4.12. The molecule has 5 heteroatoms. The topological polar surface area (TPSA) is 54.4 Å². The fourth-order valence-electron chi connectivity index (χ4n) is 2.92. The molecule has 128 valence electrons. The van der Waals surface area contributed by atoms with E-state index in [0.29, 0.717) is 12.0 Å². The molecule has 3 nitrogen and oxygen atoms in total. The summed E-state index contributed by atoms with van der Waals surface area (Å²) in [5.41, 5.74) is 2.55. The molecule has 0 spiro atoms. The van der Waals surface area contributed by atoms with Gasteiger partial charge in [0.05, 0.1) is 6.42 Å². The van der Waals surface area contributed by atoms with Crippen LogP contribution < -0.4 is 0 Å². The monoisotopic (exact) mass is 356 g/mol. The Morgan fingerprint density at radius 2 is 1.76 bits per heavy atom. The molecule has 0 aliphatic carbocycles. The molecule has 25 heavy (non-hydrogen) atoms. The second kappa shape index (κ2) is 7.15. The summed E-state index contributed by atoms with van der Waals surface area (Å²) in [6.45, 7) is 0. The first-order valence-electron chi connectivity index (χ1n) is 7.77. The van der Waals surface area contributed by atoms with Gasteiger partial charge in [0.1, 0.15) is 5.82 Å². The molecule has 0 aliphatic heterocycles. The van der Waals surface area contributed by atoms with Crippen LogP contribution in [0.15, 0.2) is 59.5 Å². The zero-order chi connectivity index (χ0) is 18.0. The van der Waals surface area contributed by atoms with Gasteiger partial charge in [-0.1, -0.05) is 30.3 Å². The highest BCUT2D eigenvalue weighted by molar-refractivity contribution is 7.84. The summed E-state index contributed by atoms with van der Waals surface area (Å²) in [7, 11) is -1.03. The van der Waals surface area contributed by atoms with Gasteiger partial charge in [-0.05, 0) is 58.1 Å². The summed E-state index contributed by atoms with van der Waals surface area (Å²) in [6.07, 6.45) is 2.10. The summed E-state index contributed by atoms with van der Waals surface area (Å²) in [5, 5.41) is 10.7. The number of fused-ring (bicyclic) bond motifs is 1. The average Bonchev–Trinajstić information content (AvgIpc) is 2.55. The van der Waals surface area contributed by atoms with Crippen LogP contribution in [-0.4, -0.2) is 21.5 Å². The Morgan fingerprint density at radius 1 is 1.04 bits per heavy atom. The Kier molecular flexibility index (Phi) is 4.95. The van der Waals surface area contributed by atoms with Crippen molar-refractivity contribution in [3.05, 3.63) is 77.1 Å². The molecule has 0 aromatic heterocycles. The molecule has 0 amide bonds. The molecule has 0 bridgehead atoms. The van der Waals surface area contributed by atoms with Crippen molar-refractivity contribution in [1.29, 1.82) is 0 Å². The predicted molar refractivity (Wildman–Crippen MR) is 96.8 cm³/mol. The maximum atomic E-state index is 13.7. The van der Waals surface area contributed by atoms with Crippen molar-refractivity contribution in [2.45, 2.75) is 17.7 Å². The third-order valence-corrected chi connectivity index (χ3v) is 5.00. The Bertz CT molecular complexity index is 965. The number of hydrogen-bond acceptors (Lipinski definition) is 2. The molecule has 1 atom stereocenters. The number of carboxylic acids is 1. The van der Waals surface area contributed by atoms with Crippen molar-refractivity contribution < 1.29 is 18.5 Å². The minimum atomic E-state index is -1.03. The minimum Gasteiger partial charge on any atom is -0.481 e. The summed E-state index contributed by atoms with van der Waals surface area (Å²) in [5.74, 6) is -1.22. The number of hydrogen-bond donors (Lipinski definition) is 1. The van der Waals surface area contributed by atoms with Gasteiger partial charge in [-0.15, -0.1) is 0 Å². The SMILES string of the molecule is CS(=O)c1ccc(Cc2cc(CC(=O)O)cc3ccc(F)cc23)cc1. The van der Waals surface area contributed by atoms with Crippen LogP contribution in [0, 0.1) is 5.82 Å². The molecule has 3 aromatic carbocycles. The molecular formula is C20H17FO3S. The predicted octanol–water partition coefficient (Wildman–Crippen LogP) is 3.93. The fraction of sp³-hybridized carbons (Fsp3) is 0.150. The molecule has 1 unspecified atom stereocenters. The Balaban J connectivity index is 2.04. The van der Waals surface area contributed by atoms with Crippen molar-refractivity contribution in [2.24, 2.45) is 0 Å². The van der Waals surface area contributed by atoms with Gasteiger partial charge in [0.25, 0.3) is 0 Å². The van der Waals surface area contributed by atoms with Crippen LogP contribution in [-0.2, 0) is 28.4 Å². The molecule has 0 saturated carbocycles. The lowest BCUT2D eigenvalue weighted by atomic mass is 9.95. The molecule has 1 N–H and O–H groups in total. The number of rotatable bonds is 5. The zero-order valence-electron chi connectivity index (χ0n) is 13.7. The molecule has 0 saturated heterocycles. The van der Waals surface area contributed by atoms with Crippen LogP contribution >= 0.6 is 0 Å². The van der Waals surface area contributed by atoms with Crippen molar-refractivity contribution in [3.63, 3.8) is 0 Å². The normalized spacial score (nSPS) is 12.2. The van der Waals surface area contributed by atoms with Gasteiger partial charge in [-0.3, -0.25) is 9.00 Å². The van der Waals surface area contributed by atoms with E-state index in [-0.39, 0.29) is 12.2 Å². The van der Waals surface area contributed by atoms with Gasteiger partial charge in [0.15, 0.2) is 0 Å². The van der Waals surface area contributed by atoms with Crippen LogP contribution in [0.3, 0.4) is 0 Å². The third-order valence-electron chi connectivity index (χ3n) is 4.07. The number of aliphatic carboxylic acids is 1. The first kappa shape index (κ1) is 17.3. The van der Waals surface area contributed by atoms with Crippen LogP contribution in [0.25, 0.3) is 10.8 Å². The second-order valence-corrected chi connectivity index (χ2v) is 7.35. The van der Waals surface area contributed by atoms with Crippen molar-refractivity contribution >= 4 is 27.5 Å². The fourth-order valence-corrected chi connectivity index (χ4v) is 3.44. The largest absolute Gasteiger partial charge is 0.481 e. The molecule has 0 aliphatic rings. The van der Waals surface area contributed by atoms with E-state index in [4.69, 9.17) is 5.11 Å². The first-order chi connectivity index (χ1) is 11.9. The average molecular weight is 356 g/mol. The lowest BCUT2D eigenvalue weighted by Crippen LogP contribution is -2.02. The van der Waals surface area contributed by atoms with Gasteiger partial charge >= 0.3 is 5.97 Å². The molecule has 0 radical (unpaired) electrons. The molecular weight excluding hydrogens is 339 g/mol. The van der Waals surface area contributed by atoms with Gasteiger partial charge < -0.3 is 5.11 Å². The van der Waals surface area contributed by atoms with Crippen LogP contribution in [0.1, 0.15) is 16.7 Å². The van der Waals surface area contributed by atoms with Gasteiger partial charge in [0, 0.05) is 22.0 Å². The van der Waals surface area contributed by atoms with Crippen LogP contribution in [0.4, 0.5) is 4.39 Å². The van der Waals surface area contributed by atoms with Crippen LogP contribution in [0.2, 0.25) is 0 Å². The minimum absolute atomic E-state index is 0.0753. The highest BCUT2D eigenvalue weighted by Crippen LogP contribution is 2.25. The summed E-state index contributed by atoms with van der Waals surface area (Å²) in [4.78, 5) is 11.8. The maximum absolute atomic E-state index is 13.7. The lowest BCUT2D eigenvalue weighted by Gasteiger charge is -2.11. The first-order valence-corrected chi connectivity index (χ1v) is 9.33. The Hall–Kier alpha value is -2.53. The van der Waals surface area contributed by atoms with E-state index in [0.717, 1.165) is 26.8 Å². The van der Waals surface area contributed by atoms with E-state index in [1.165, 1.54) is 12.1 Å². The standard InChI is InChI=1S/C20H17FO3S/c1-25(24)18-6-2-13(3-7-18)8-16-10-14(11-20(22)23)9-15-4-5-17(21)12-19(15)16/h2-7,9-10,12H,8,11H2,1H3,(H,22,23). The van der Waals surface area contributed by atoms with Crippen molar-refractivity contribution in [3.8, 4) is 0 Å². The van der Waals surface area contributed by atoms with E-state index in [1.807, 2.05) is 30.3 Å². The second-order valence-electron chi connectivity index (χ2n) is 5.97. The van der Waals surface area contributed by atoms with Gasteiger partial charge in [0.2, 0.25) is 0 Å². The summed E-state index contributed by atoms with van der Waals surface area (Å²) in [6, 6.07) is 15.6. The van der Waals surface area contributed by atoms with E-state index >= 15 is 0 Å². The zero-order valence-corrected chi connectivity index (χ0v) is 14.5. The lowest BCUT2D eigenvalue weighted by molar-refractivity contribution is -0.136. The highest BCUT2D eigenvalue weighted by Gasteiger charge is 2.09. The summed E-state index contributed by atoms with van der Waals surface area (Å²) >= 11 is 0. The van der Waals surface area contributed by atoms with Crippen LogP contribution in [0.5, 0.6) is 0 Å². The van der Waals surface area contributed by atoms with Crippen molar-refractivity contribution in [1.82, 2.24) is 0 Å². The van der Waals surface area contributed by atoms with E-state index < -0.39 is 16.8 Å². The smallest absolute Gasteiger partial charge is 0.307 e. The van der Waals surface area contributed by atoms with E-state index in [9.17, 15) is 13.4 Å². The number of halogens is 1. The van der Waals surface area contributed by atoms with Gasteiger partial charge in [-0.25, -0.2) is 4.39 Å². The Labute approximate surface area is 147 Å². The number of carbonyl (C=O) groups is 1. The molecule has 3 rings (SSSR count). The van der Waals surface area contributed by atoms with Crippen molar-refractivity contribution in [2.75, 3.05) is 6.26 Å². The Morgan fingerprint density at radius 3 is 2.40 bits per heavy atom. The maximum Gasteiger partial charge on any atom is 0.307 e. The molecule has 3 aromatic rings. The highest BCUT2D eigenvalue weighted by atomic mass is 32.2. The van der Waals surface area contributed by atoms with E-state index in [2.05, 4.69) is 0 Å². The number of carboxylic acid groups (broad SMARTS) is 1. The number of benzene rings is 3.